The van der Waals surface area contributed by atoms with Crippen LogP contribution in [0.15, 0.2) is 29.0 Å². The fourth-order valence-corrected chi connectivity index (χ4v) is 1.02. The van der Waals surface area contributed by atoms with Gasteiger partial charge in [0.05, 0.1) is 12.2 Å². The number of carbonyl (C=O) groups excluding carboxylic acids is 1. The number of aromatic nitrogens is 2. The van der Waals surface area contributed by atoms with Crippen LogP contribution in [0, 0.1) is 11.6 Å². The average Bonchev–Trinajstić information content (AvgIpc) is 2.84. The van der Waals surface area contributed by atoms with Gasteiger partial charge in [-0.2, -0.15) is 0 Å². The van der Waals surface area contributed by atoms with E-state index in [0.29, 0.717) is 13.1 Å². The molecule has 0 N–H and O–H groups in total. The van der Waals surface area contributed by atoms with Crippen LogP contribution in [0.3, 0.4) is 0 Å². The Balaban J connectivity index is 0.000000280. The molecule has 18 heavy (non-hydrogen) atoms. The monoisotopic (exact) mass is 256 g/mol. The first-order valence-corrected chi connectivity index (χ1v) is 4.95. The first kappa shape index (κ1) is 13.8. The smallest absolute Gasteiger partial charge is 0.293 e. The first-order chi connectivity index (χ1) is 8.69. The molecule has 0 spiro atoms. The van der Waals surface area contributed by atoms with Crippen LogP contribution in [0.2, 0.25) is 0 Å². The van der Waals surface area contributed by atoms with Crippen molar-refractivity contribution in [1.29, 1.82) is 0 Å². The predicted octanol–water partition coefficient (Wildman–Crippen LogP) is 2.19. The molecule has 1 heterocycles. The number of halogens is 2. The van der Waals surface area contributed by atoms with E-state index in [2.05, 4.69) is 14.9 Å². The number of ether oxygens (including phenoxy) is 1. The Morgan fingerprint density at radius 1 is 1.44 bits per heavy atom. The van der Waals surface area contributed by atoms with Gasteiger partial charge in [0.15, 0.2) is 0 Å². The van der Waals surface area contributed by atoms with Crippen molar-refractivity contribution in [2.24, 2.45) is 0 Å². The molecule has 1 aromatic heterocycles. The zero-order valence-corrected chi connectivity index (χ0v) is 9.47. The summed E-state index contributed by atoms with van der Waals surface area (Å²) < 4.78 is 34.4. The molecule has 2 rings (SSSR count). The Hall–Kier alpha value is -2.31. The lowest BCUT2D eigenvalue weighted by atomic mass is 10.2. The van der Waals surface area contributed by atoms with Crippen LogP contribution in [-0.2, 0) is 9.53 Å². The second-order valence-electron chi connectivity index (χ2n) is 2.92. The zero-order valence-electron chi connectivity index (χ0n) is 9.47. The van der Waals surface area contributed by atoms with Gasteiger partial charge in [0.1, 0.15) is 11.6 Å². The largest absolute Gasteiger partial charge is 0.468 e. The summed E-state index contributed by atoms with van der Waals surface area (Å²) in [6, 6.07) is 3.14. The molecule has 0 aliphatic rings. The molecular formula is C11H10F2N2O3. The number of nitrogens with zero attached hydrogens (tertiary/aromatic N) is 2. The highest BCUT2D eigenvalue weighted by Crippen LogP contribution is 2.20. The summed E-state index contributed by atoms with van der Waals surface area (Å²) in [5.74, 6) is -1.32. The van der Waals surface area contributed by atoms with Crippen molar-refractivity contribution in [3.8, 4) is 11.5 Å². The van der Waals surface area contributed by atoms with E-state index in [1.807, 2.05) is 0 Å². The average molecular weight is 256 g/mol. The molecular weight excluding hydrogens is 246 g/mol. The Morgan fingerprint density at radius 3 is 2.67 bits per heavy atom. The number of hydrogen-bond acceptors (Lipinski definition) is 5. The van der Waals surface area contributed by atoms with E-state index >= 15 is 0 Å². The minimum absolute atomic E-state index is 0.0394. The van der Waals surface area contributed by atoms with Crippen LogP contribution in [0.5, 0.6) is 0 Å². The molecule has 5 nitrogen and oxygen atoms in total. The highest BCUT2D eigenvalue weighted by molar-refractivity contribution is 5.52. The number of carbonyl (C=O) groups is 1. The molecule has 0 atom stereocenters. The maximum atomic E-state index is 13.0. The molecule has 1 aromatic carbocycles. The normalized spacial score (nSPS) is 9.28. The first-order valence-electron chi connectivity index (χ1n) is 4.95. The van der Waals surface area contributed by atoms with E-state index < -0.39 is 11.6 Å². The third kappa shape index (κ3) is 3.93. The van der Waals surface area contributed by atoms with Crippen LogP contribution in [0.1, 0.15) is 6.92 Å². The highest BCUT2D eigenvalue weighted by atomic mass is 19.1. The van der Waals surface area contributed by atoms with Gasteiger partial charge in [0.25, 0.3) is 6.47 Å². The number of rotatable bonds is 3. The van der Waals surface area contributed by atoms with Crippen LogP contribution < -0.4 is 0 Å². The summed E-state index contributed by atoms with van der Waals surface area (Å²) in [4.78, 5) is 9.18. The summed E-state index contributed by atoms with van der Waals surface area (Å²) in [5, 5.41) is 6.88. The van der Waals surface area contributed by atoms with E-state index in [1.54, 1.807) is 6.92 Å². The van der Waals surface area contributed by atoms with E-state index in [-0.39, 0.29) is 11.5 Å². The summed E-state index contributed by atoms with van der Waals surface area (Å²) >= 11 is 0. The van der Waals surface area contributed by atoms with Crippen LogP contribution in [-0.4, -0.2) is 23.3 Å². The van der Waals surface area contributed by atoms with E-state index in [9.17, 15) is 13.6 Å². The topological polar surface area (TPSA) is 65.2 Å². The molecule has 2 aromatic rings. The van der Waals surface area contributed by atoms with Gasteiger partial charge in [-0.3, -0.25) is 4.79 Å². The molecule has 7 heteroatoms. The van der Waals surface area contributed by atoms with Crippen LogP contribution in [0.4, 0.5) is 8.78 Å². The van der Waals surface area contributed by atoms with Crippen molar-refractivity contribution in [3.63, 3.8) is 0 Å². The van der Waals surface area contributed by atoms with E-state index in [0.717, 1.165) is 18.5 Å². The Labute approximate surface area is 101 Å². The van der Waals surface area contributed by atoms with Crippen molar-refractivity contribution >= 4 is 6.47 Å². The fourth-order valence-electron chi connectivity index (χ4n) is 1.02. The molecule has 0 amide bonds. The lowest BCUT2D eigenvalue weighted by Gasteiger charge is -1.96. The van der Waals surface area contributed by atoms with Gasteiger partial charge >= 0.3 is 0 Å². The minimum atomic E-state index is -0.718. The fraction of sp³-hybridized carbons (Fsp3) is 0.182. The molecule has 0 bridgehead atoms. The molecule has 0 saturated carbocycles. The lowest BCUT2D eigenvalue weighted by Crippen LogP contribution is -1.86. The maximum absolute atomic E-state index is 13.0. The zero-order chi connectivity index (χ0) is 13.4. The molecule has 0 saturated heterocycles. The SMILES string of the molecule is CCOC=O.Fc1ccc(-c2nnco2)c(F)c1. The van der Waals surface area contributed by atoms with Gasteiger partial charge < -0.3 is 9.15 Å². The van der Waals surface area contributed by atoms with Crippen molar-refractivity contribution in [3.05, 3.63) is 36.2 Å². The van der Waals surface area contributed by atoms with Crippen molar-refractivity contribution in [1.82, 2.24) is 10.2 Å². The second-order valence-corrected chi connectivity index (χ2v) is 2.92. The molecule has 0 aliphatic heterocycles. The minimum Gasteiger partial charge on any atom is -0.468 e. The molecule has 0 aliphatic carbocycles. The van der Waals surface area contributed by atoms with E-state index in [4.69, 9.17) is 4.42 Å². The second kappa shape index (κ2) is 7.10. The predicted molar refractivity (Wildman–Crippen MR) is 57.3 cm³/mol. The van der Waals surface area contributed by atoms with Gasteiger partial charge in [-0.25, -0.2) is 8.78 Å². The Kier molecular flexibility index (Phi) is 5.43. The Bertz CT molecular complexity index is 489. The third-order valence-corrected chi connectivity index (χ3v) is 1.76. The summed E-state index contributed by atoms with van der Waals surface area (Å²) in [7, 11) is 0. The van der Waals surface area contributed by atoms with Gasteiger partial charge in [0, 0.05) is 6.07 Å². The van der Waals surface area contributed by atoms with Gasteiger partial charge in [-0.05, 0) is 19.1 Å². The highest BCUT2D eigenvalue weighted by Gasteiger charge is 2.10. The molecule has 96 valence electrons. The standard InChI is InChI=1S/C8H4F2N2O.C3H6O2/c9-5-1-2-6(7(10)3-5)8-12-11-4-13-8;1-2-5-3-4/h1-4H;3H,2H2,1H3. The van der Waals surface area contributed by atoms with E-state index in [1.165, 1.54) is 6.07 Å². The third-order valence-electron chi connectivity index (χ3n) is 1.76. The molecule has 0 unspecified atom stereocenters. The van der Waals surface area contributed by atoms with Crippen molar-refractivity contribution < 1.29 is 22.7 Å². The quantitative estimate of drug-likeness (QED) is 0.787. The van der Waals surface area contributed by atoms with Gasteiger partial charge in [-0.15, -0.1) is 10.2 Å². The van der Waals surface area contributed by atoms with Crippen molar-refractivity contribution in [2.75, 3.05) is 6.61 Å². The van der Waals surface area contributed by atoms with Crippen molar-refractivity contribution in [2.45, 2.75) is 6.92 Å². The van der Waals surface area contributed by atoms with Crippen LogP contribution >= 0.6 is 0 Å². The van der Waals surface area contributed by atoms with Crippen LogP contribution in [0.25, 0.3) is 11.5 Å². The molecule has 0 radical (unpaired) electrons. The maximum Gasteiger partial charge on any atom is 0.293 e. The number of hydrogen-bond donors (Lipinski definition) is 0. The Morgan fingerprint density at radius 2 is 2.22 bits per heavy atom. The van der Waals surface area contributed by atoms with Gasteiger partial charge in [-0.1, -0.05) is 0 Å². The summed E-state index contributed by atoms with van der Waals surface area (Å²) in [6.45, 7) is 2.66. The summed E-state index contributed by atoms with van der Waals surface area (Å²) in [5.41, 5.74) is 0.0962. The lowest BCUT2D eigenvalue weighted by molar-refractivity contribution is -0.128. The molecule has 0 fully saturated rings. The number of benzene rings is 1. The van der Waals surface area contributed by atoms with Gasteiger partial charge in [0.2, 0.25) is 12.3 Å². The summed E-state index contributed by atoms with van der Waals surface area (Å²) in [6.07, 6.45) is 1.08.